The van der Waals surface area contributed by atoms with Gasteiger partial charge in [0.25, 0.3) is 0 Å². The maximum atomic E-state index is 11.5. The molecule has 5 heteroatoms. The molecule has 0 aliphatic rings. The van der Waals surface area contributed by atoms with Gasteiger partial charge >= 0.3 is 0 Å². The molecule has 2 rings (SSSR count). The number of hydrogen-bond acceptors (Lipinski definition) is 4. The van der Waals surface area contributed by atoms with Crippen molar-refractivity contribution in [3.05, 3.63) is 59.9 Å². The van der Waals surface area contributed by atoms with Gasteiger partial charge in [-0.25, -0.2) is 8.42 Å². The maximum absolute atomic E-state index is 11.5. The molecule has 0 spiro atoms. The van der Waals surface area contributed by atoms with Crippen molar-refractivity contribution in [3.63, 3.8) is 0 Å². The van der Waals surface area contributed by atoms with E-state index >= 15 is 0 Å². The summed E-state index contributed by atoms with van der Waals surface area (Å²) in [5, 5.41) is 0. The van der Waals surface area contributed by atoms with E-state index in [0.29, 0.717) is 10.9 Å². The summed E-state index contributed by atoms with van der Waals surface area (Å²) < 4.78 is 23.0. The van der Waals surface area contributed by atoms with Gasteiger partial charge in [-0.2, -0.15) is 0 Å². The highest BCUT2D eigenvalue weighted by Gasteiger charge is 2.15. The van der Waals surface area contributed by atoms with Crippen molar-refractivity contribution in [2.45, 2.75) is 30.8 Å². The molecule has 0 N–H and O–H groups in total. The lowest BCUT2D eigenvalue weighted by atomic mass is 10.0. The Morgan fingerprint density at radius 3 is 2.36 bits per heavy atom. The third kappa shape index (κ3) is 4.15. The van der Waals surface area contributed by atoms with Gasteiger partial charge < -0.3 is 0 Å². The molecular formula is C17H22N2O2S. The van der Waals surface area contributed by atoms with E-state index in [2.05, 4.69) is 29.9 Å². The van der Waals surface area contributed by atoms with E-state index in [4.69, 9.17) is 0 Å². The number of sulfone groups is 1. The Morgan fingerprint density at radius 1 is 1.18 bits per heavy atom. The predicted octanol–water partition coefficient (Wildman–Crippen LogP) is 3.07. The summed E-state index contributed by atoms with van der Waals surface area (Å²) in [7, 11) is -1.06. The average Bonchev–Trinajstić information content (AvgIpc) is 2.48. The molecule has 0 saturated heterocycles. The summed E-state index contributed by atoms with van der Waals surface area (Å²) in [4.78, 5) is 6.80. The minimum Gasteiger partial charge on any atom is -0.295 e. The molecule has 0 radical (unpaired) electrons. The molecule has 118 valence electrons. The van der Waals surface area contributed by atoms with Gasteiger partial charge in [-0.1, -0.05) is 25.1 Å². The van der Waals surface area contributed by atoms with Crippen LogP contribution in [0.25, 0.3) is 0 Å². The van der Waals surface area contributed by atoms with Crippen LogP contribution in [0.5, 0.6) is 0 Å². The van der Waals surface area contributed by atoms with Crippen molar-refractivity contribution in [1.29, 1.82) is 0 Å². The van der Waals surface area contributed by atoms with Crippen molar-refractivity contribution >= 4 is 9.84 Å². The Kier molecular flexibility index (Phi) is 5.32. The first-order valence-corrected chi connectivity index (χ1v) is 9.20. The molecule has 0 amide bonds. The Morgan fingerprint density at radius 2 is 1.86 bits per heavy atom. The topological polar surface area (TPSA) is 50.3 Å². The lowest BCUT2D eigenvalue weighted by molar-refractivity contribution is 0.230. The zero-order valence-electron chi connectivity index (χ0n) is 13.2. The van der Waals surface area contributed by atoms with Crippen LogP contribution in [0.4, 0.5) is 0 Å². The SMILES string of the molecule is CC[C@H](c1cccnc1)N(C)Cc1ccc(S(C)(=O)=O)cc1. The minimum absolute atomic E-state index is 0.295. The van der Waals surface area contributed by atoms with E-state index in [0.717, 1.165) is 18.5 Å². The first kappa shape index (κ1) is 16.6. The van der Waals surface area contributed by atoms with Crippen molar-refractivity contribution in [2.24, 2.45) is 0 Å². The molecule has 1 heterocycles. The summed E-state index contributed by atoms with van der Waals surface area (Å²) in [6, 6.07) is 11.4. The van der Waals surface area contributed by atoms with Crippen LogP contribution < -0.4 is 0 Å². The van der Waals surface area contributed by atoms with Crippen molar-refractivity contribution in [1.82, 2.24) is 9.88 Å². The molecule has 0 aliphatic heterocycles. The normalized spacial score (nSPS) is 13.3. The Hall–Kier alpha value is -1.72. The first-order chi connectivity index (χ1) is 10.4. The summed E-state index contributed by atoms with van der Waals surface area (Å²) in [6.45, 7) is 2.92. The highest BCUT2D eigenvalue weighted by molar-refractivity contribution is 7.90. The van der Waals surface area contributed by atoms with Crippen LogP contribution in [0.2, 0.25) is 0 Å². The van der Waals surface area contributed by atoms with Crippen molar-refractivity contribution in [3.8, 4) is 0 Å². The quantitative estimate of drug-likeness (QED) is 0.821. The second-order valence-corrected chi connectivity index (χ2v) is 7.56. The zero-order chi connectivity index (χ0) is 16.2. The van der Waals surface area contributed by atoms with Crippen LogP contribution in [0, 0.1) is 0 Å². The molecule has 0 unspecified atom stereocenters. The third-order valence-electron chi connectivity index (χ3n) is 3.77. The third-order valence-corrected chi connectivity index (χ3v) is 4.90. The van der Waals surface area contributed by atoms with E-state index < -0.39 is 9.84 Å². The zero-order valence-corrected chi connectivity index (χ0v) is 14.0. The fraction of sp³-hybridized carbons (Fsp3) is 0.353. The molecule has 0 saturated carbocycles. The number of hydrogen-bond donors (Lipinski definition) is 0. The van der Waals surface area contributed by atoms with Crippen molar-refractivity contribution in [2.75, 3.05) is 13.3 Å². The molecule has 2 aromatic rings. The van der Waals surface area contributed by atoms with E-state index in [1.165, 1.54) is 11.8 Å². The fourth-order valence-corrected chi connectivity index (χ4v) is 3.25. The van der Waals surface area contributed by atoms with E-state index in [1.54, 1.807) is 18.3 Å². The van der Waals surface area contributed by atoms with Crippen LogP contribution in [0.3, 0.4) is 0 Å². The molecule has 0 aliphatic carbocycles. The number of pyridine rings is 1. The fourth-order valence-electron chi connectivity index (χ4n) is 2.62. The lowest BCUT2D eigenvalue weighted by Gasteiger charge is -2.27. The molecule has 1 aromatic carbocycles. The van der Waals surface area contributed by atoms with Gasteiger partial charge in [-0.05, 0) is 42.8 Å². The molecule has 22 heavy (non-hydrogen) atoms. The van der Waals surface area contributed by atoms with Gasteiger partial charge in [-0.15, -0.1) is 0 Å². The smallest absolute Gasteiger partial charge is 0.175 e. The van der Waals surface area contributed by atoms with Crippen molar-refractivity contribution < 1.29 is 8.42 Å². The molecule has 0 fully saturated rings. The summed E-state index contributed by atoms with van der Waals surface area (Å²) in [5.74, 6) is 0. The Balaban J connectivity index is 2.12. The predicted molar refractivity (Wildman–Crippen MR) is 88.3 cm³/mol. The van der Waals surface area contributed by atoms with Gasteiger partial charge in [0.05, 0.1) is 4.90 Å². The highest BCUT2D eigenvalue weighted by atomic mass is 32.2. The van der Waals surface area contributed by atoms with Gasteiger partial charge in [0, 0.05) is 31.2 Å². The maximum Gasteiger partial charge on any atom is 0.175 e. The first-order valence-electron chi connectivity index (χ1n) is 7.31. The van der Waals surface area contributed by atoms with E-state index in [-0.39, 0.29) is 0 Å². The van der Waals surface area contributed by atoms with E-state index in [9.17, 15) is 8.42 Å². The van der Waals surface area contributed by atoms with E-state index in [1.807, 2.05) is 24.4 Å². The summed E-state index contributed by atoms with van der Waals surface area (Å²) in [5.41, 5.74) is 2.29. The monoisotopic (exact) mass is 318 g/mol. The second-order valence-electron chi connectivity index (χ2n) is 5.54. The van der Waals surface area contributed by atoms with Gasteiger partial charge in [0.2, 0.25) is 0 Å². The second kappa shape index (κ2) is 7.03. The van der Waals surface area contributed by atoms with Gasteiger partial charge in [0.1, 0.15) is 0 Å². The molecular weight excluding hydrogens is 296 g/mol. The van der Waals surface area contributed by atoms with Gasteiger partial charge in [0.15, 0.2) is 9.84 Å². The van der Waals surface area contributed by atoms with Crippen LogP contribution in [-0.2, 0) is 16.4 Å². The number of rotatable bonds is 6. The minimum atomic E-state index is -3.13. The highest BCUT2D eigenvalue weighted by Crippen LogP contribution is 2.24. The summed E-state index contributed by atoms with van der Waals surface area (Å²) >= 11 is 0. The molecule has 0 bridgehead atoms. The van der Waals surface area contributed by atoms with Gasteiger partial charge in [-0.3, -0.25) is 9.88 Å². The number of aromatic nitrogens is 1. The van der Waals surface area contributed by atoms with Crippen LogP contribution >= 0.6 is 0 Å². The number of benzene rings is 1. The van der Waals surface area contributed by atoms with Crippen LogP contribution in [-0.4, -0.2) is 31.6 Å². The molecule has 1 atom stereocenters. The number of nitrogens with zero attached hydrogens (tertiary/aromatic N) is 2. The Labute approximate surface area is 132 Å². The Bertz CT molecular complexity index is 697. The summed E-state index contributed by atoms with van der Waals surface area (Å²) in [6.07, 6.45) is 5.89. The lowest BCUT2D eigenvalue weighted by Crippen LogP contribution is -2.23. The molecule has 4 nitrogen and oxygen atoms in total. The average molecular weight is 318 g/mol. The molecule has 1 aromatic heterocycles. The van der Waals surface area contributed by atoms with Crippen LogP contribution in [0.15, 0.2) is 53.7 Å². The standard InChI is InChI=1S/C17H22N2O2S/c1-4-17(15-6-5-11-18-12-15)19(2)13-14-7-9-16(10-8-14)22(3,20)21/h5-12,17H,4,13H2,1-3H3/t17-/m1/s1. The van der Waals surface area contributed by atoms with Crippen LogP contribution in [0.1, 0.15) is 30.5 Å². The largest absolute Gasteiger partial charge is 0.295 e.